The summed E-state index contributed by atoms with van der Waals surface area (Å²) in [4.78, 5) is 14.8. The zero-order valence-electron chi connectivity index (χ0n) is 13.0. The van der Waals surface area contributed by atoms with Crippen molar-refractivity contribution < 1.29 is 19.4 Å². The molecule has 2 aliphatic rings. The van der Waals surface area contributed by atoms with Crippen LogP contribution in [0.3, 0.4) is 0 Å². The van der Waals surface area contributed by atoms with Gasteiger partial charge in [-0.3, -0.25) is 4.79 Å². The Hall–Kier alpha value is -2.25. The molecule has 126 valence electrons. The van der Waals surface area contributed by atoms with Gasteiger partial charge in [0.15, 0.2) is 11.5 Å². The molecular weight excluding hydrogens is 328 g/mol. The van der Waals surface area contributed by atoms with E-state index in [-0.39, 0.29) is 18.6 Å². The van der Waals surface area contributed by atoms with Crippen LogP contribution < -0.4 is 15.2 Å². The Kier molecular flexibility index (Phi) is 3.82. The maximum atomic E-state index is 12.5. The molecule has 1 aromatic carbocycles. The van der Waals surface area contributed by atoms with E-state index in [4.69, 9.17) is 15.2 Å². The monoisotopic (exact) mass is 346 g/mol. The topological polar surface area (TPSA) is 85.0 Å². The molecule has 0 spiro atoms. The van der Waals surface area contributed by atoms with Gasteiger partial charge in [0.1, 0.15) is 4.88 Å². The quantitative estimate of drug-likeness (QED) is 0.869. The number of nitrogens with zero attached hydrogens (tertiary/aromatic N) is 1. The first kappa shape index (κ1) is 15.3. The maximum absolute atomic E-state index is 12.5. The van der Waals surface area contributed by atoms with Crippen LogP contribution in [0.5, 0.6) is 11.5 Å². The predicted molar refractivity (Wildman–Crippen MR) is 90.6 cm³/mol. The van der Waals surface area contributed by atoms with Gasteiger partial charge in [0.2, 0.25) is 6.79 Å². The number of fused-ring (bicyclic) bond motifs is 1. The summed E-state index contributed by atoms with van der Waals surface area (Å²) in [7, 11) is 0. The summed E-state index contributed by atoms with van der Waals surface area (Å²) < 4.78 is 10.7. The largest absolute Gasteiger partial charge is 0.454 e. The molecule has 1 aromatic heterocycles. The number of benzene rings is 1. The van der Waals surface area contributed by atoms with Crippen molar-refractivity contribution in [1.29, 1.82) is 0 Å². The van der Waals surface area contributed by atoms with E-state index >= 15 is 0 Å². The third kappa shape index (κ3) is 2.59. The number of amides is 1. The third-order valence-electron chi connectivity index (χ3n) is 4.58. The van der Waals surface area contributed by atoms with Crippen molar-refractivity contribution in [1.82, 2.24) is 4.90 Å². The summed E-state index contributed by atoms with van der Waals surface area (Å²) in [5, 5.41) is 12.4. The second-order valence-corrected chi connectivity index (χ2v) is 6.95. The lowest BCUT2D eigenvalue weighted by Crippen LogP contribution is -2.45. The first-order valence-corrected chi connectivity index (χ1v) is 8.71. The zero-order valence-corrected chi connectivity index (χ0v) is 13.8. The zero-order chi connectivity index (χ0) is 16.7. The van der Waals surface area contributed by atoms with Gasteiger partial charge >= 0.3 is 0 Å². The molecule has 0 bridgehead atoms. The summed E-state index contributed by atoms with van der Waals surface area (Å²) in [6.07, 6.45) is 0.0712. The highest BCUT2D eigenvalue weighted by Gasteiger charge is 2.33. The molecule has 2 atom stereocenters. The van der Waals surface area contributed by atoms with Crippen molar-refractivity contribution >= 4 is 22.9 Å². The van der Waals surface area contributed by atoms with Gasteiger partial charge in [0, 0.05) is 19.0 Å². The first-order chi connectivity index (χ1) is 11.6. The molecule has 7 heteroatoms. The Labute approximate surface area is 143 Å². The average Bonchev–Trinajstić information content (AvgIpc) is 3.22. The number of β-amino-alcohol motifs (C(OH)–C–C–N with tert-alkyl or cyclic N) is 1. The Bertz CT molecular complexity index is 776. The fourth-order valence-corrected chi connectivity index (χ4v) is 4.07. The highest BCUT2D eigenvalue weighted by atomic mass is 32.1. The van der Waals surface area contributed by atoms with Gasteiger partial charge in [-0.15, -0.1) is 11.3 Å². The number of aliphatic hydroxyl groups is 1. The average molecular weight is 346 g/mol. The van der Waals surface area contributed by atoms with E-state index < -0.39 is 6.10 Å². The number of carbonyl (C=O) groups excluding carboxylic acids is 1. The normalized spacial score (nSPS) is 22.6. The summed E-state index contributed by atoms with van der Waals surface area (Å²) in [5.41, 5.74) is 7.33. The summed E-state index contributed by atoms with van der Waals surface area (Å²) in [6.45, 7) is 1.12. The lowest BCUT2D eigenvalue weighted by Gasteiger charge is -2.36. The Morgan fingerprint density at radius 3 is 2.88 bits per heavy atom. The summed E-state index contributed by atoms with van der Waals surface area (Å²) >= 11 is 1.33. The number of carbonyl (C=O) groups is 1. The number of rotatable bonds is 2. The fourth-order valence-electron chi connectivity index (χ4n) is 3.29. The van der Waals surface area contributed by atoms with Gasteiger partial charge < -0.3 is 25.2 Å². The van der Waals surface area contributed by atoms with Gasteiger partial charge in [-0.25, -0.2) is 0 Å². The van der Waals surface area contributed by atoms with Gasteiger partial charge in [0.05, 0.1) is 11.8 Å². The van der Waals surface area contributed by atoms with E-state index in [2.05, 4.69) is 0 Å². The summed E-state index contributed by atoms with van der Waals surface area (Å²) in [6, 6.07) is 7.48. The van der Waals surface area contributed by atoms with E-state index in [0.29, 0.717) is 35.8 Å². The smallest absolute Gasteiger partial charge is 0.266 e. The molecule has 0 radical (unpaired) electrons. The van der Waals surface area contributed by atoms with Crippen molar-refractivity contribution in [2.45, 2.75) is 18.4 Å². The van der Waals surface area contributed by atoms with E-state index in [1.165, 1.54) is 11.3 Å². The molecule has 0 unspecified atom stereocenters. The molecule has 2 aliphatic heterocycles. The molecular formula is C17H18N2O4S. The highest BCUT2D eigenvalue weighted by Crippen LogP contribution is 2.38. The van der Waals surface area contributed by atoms with Crippen LogP contribution >= 0.6 is 11.3 Å². The molecule has 3 N–H and O–H groups in total. The maximum Gasteiger partial charge on any atom is 0.266 e. The van der Waals surface area contributed by atoms with Gasteiger partial charge in [-0.05, 0) is 35.6 Å². The lowest BCUT2D eigenvalue weighted by molar-refractivity contribution is 0.0386. The molecule has 4 rings (SSSR count). The van der Waals surface area contributed by atoms with Gasteiger partial charge in [-0.2, -0.15) is 0 Å². The number of anilines is 1. The minimum Gasteiger partial charge on any atom is -0.454 e. The molecule has 1 fully saturated rings. The molecule has 0 saturated carbocycles. The van der Waals surface area contributed by atoms with Gasteiger partial charge in [-0.1, -0.05) is 6.07 Å². The van der Waals surface area contributed by atoms with Crippen LogP contribution in [0.2, 0.25) is 0 Å². The Morgan fingerprint density at radius 2 is 2.12 bits per heavy atom. The molecule has 1 saturated heterocycles. The van der Waals surface area contributed by atoms with E-state index in [1.807, 2.05) is 18.2 Å². The predicted octanol–water partition coefficient (Wildman–Crippen LogP) is 2.05. The number of hydrogen-bond acceptors (Lipinski definition) is 6. The molecule has 3 heterocycles. The van der Waals surface area contributed by atoms with Crippen LogP contribution in [0.15, 0.2) is 29.6 Å². The fraction of sp³-hybridized carbons (Fsp3) is 0.353. The van der Waals surface area contributed by atoms with Crippen LogP contribution in [0, 0.1) is 0 Å². The minimum absolute atomic E-state index is 0.0239. The van der Waals surface area contributed by atoms with Crippen LogP contribution in [-0.2, 0) is 0 Å². The second-order valence-electron chi connectivity index (χ2n) is 6.03. The van der Waals surface area contributed by atoms with Crippen molar-refractivity contribution in [3.63, 3.8) is 0 Å². The van der Waals surface area contributed by atoms with Crippen LogP contribution in [0.25, 0.3) is 0 Å². The third-order valence-corrected chi connectivity index (χ3v) is 5.50. The SMILES string of the molecule is Nc1ccsc1C(=O)N1CC[C@@H](c2ccc3c(c2)OCO3)[C@H](O)C1. The van der Waals surface area contributed by atoms with Crippen LogP contribution in [-0.4, -0.2) is 41.9 Å². The minimum atomic E-state index is -0.621. The first-order valence-electron chi connectivity index (χ1n) is 7.83. The molecule has 0 aliphatic carbocycles. The number of thiophene rings is 1. The number of piperidine rings is 1. The van der Waals surface area contributed by atoms with Gasteiger partial charge in [0.25, 0.3) is 5.91 Å². The number of nitrogens with two attached hydrogens (primary N) is 1. The number of ether oxygens (including phenoxy) is 2. The summed E-state index contributed by atoms with van der Waals surface area (Å²) in [5.74, 6) is 1.31. The lowest BCUT2D eigenvalue weighted by atomic mass is 9.87. The van der Waals surface area contributed by atoms with E-state index in [9.17, 15) is 9.90 Å². The van der Waals surface area contributed by atoms with Crippen LogP contribution in [0.4, 0.5) is 5.69 Å². The van der Waals surface area contributed by atoms with Crippen molar-refractivity contribution in [3.8, 4) is 11.5 Å². The molecule has 2 aromatic rings. The Balaban J connectivity index is 1.49. The number of aliphatic hydroxyl groups excluding tert-OH is 1. The van der Waals surface area contributed by atoms with Crippen molar-refractivity contribution in [2.24, 2.45) is 0 Å². The molecule has 6 nitrogen and oxygen atoms in total. The standard InChI is InChI=1S/C17H18N2O4S/c18-12-4-6-24-16(12)17(21)19-5-3-11(13(20)8-19)10-1-2-14-15(7-10)23-9-22-14/h1-2,4,6-7,11,13,20H,3,5,8-9,18H2/t11-,13+/m0/s1. The molecule has 24 heavy (non-hydrogen) atoms. The number of likely N-dealkylation sites (tertiary alicyclic amines) is 1. The Morgan fingerprint density at radius 1 is 1.29 bits per heavy atom. The van der Waals surface area contributed by atoms with E-state index in [0.717, 1.165) is 11.3 Å². The number of hydrogen-bond donors (Lipinski definition) is 2. The van der Waals surface area contributed by atoms with Crippen LogP contribution in [0.1, 0.15) is 27.6 Å². The van der Waals surface area contributed by atoms with E-state index in [1.54, 1.807) is 16.3 Å². The molecule has 1 amide bonds. The highest BCUT2D eigenvalue weighted by molar-refractivity contribution is 7.12. The number of nitrogen functional groups attached to an aromatic ring is 1. The second kappa shape index (κ2) is 5.99. The van der Waals surface area contributed by atoms with Crippen molar-refractivity contribution in [2.75, 3.05) is 25.6 Å². The van der Waals surface area contributed by atoms with Crippen molar-refractivity contribution in [3.05, 3.63) is 40.1 Å².